The third kappa shape index (κ3) is 1.65. The Hall–Kier alpha value is -1.64. The molecule has 15 heavy (non-hydrogen) atoms. The predicted octanol–water partition coefficient (Wildman–Crippen LogP) is 3.00. The van der Waals surface area contributed by atoms with Gasteiger partial charge in [-0.05, 0) is 31.5 Å². The van der Waals surface area contributed by atoms with E-state index in [1.165, 1.54) is 13.2 Å². The van der Waals surface area contributed by atoms with Crippen LogP contribution < -0.4 is 4.74 Å². The number of nitrogens with zero attached hydrogens (tertiary/aromatic N) is 1. The highest BCUT2D eigenvalue weighted by atomic mass is 19.1. The summed E-state index contributed by atoms with van der Waals surface area (Å²) >= 11 is 0. The average Bonchev–Trinajstić information content (AvgIpc) is 2.18. The van der Waals surface area contributed by atoms with E-state index in [4.69, 9.17) is 4.74 Å². The Morgan fingerprint density at radius 1 is 1.20 bits per heavy atom. The van der Waals surface area contributed by atoms with Gasteiger partial charge in [0.05, 0.1) is 12.6 Å². The molecule has 0 amide bonds. The lowest BCUT2D eigenvalue weighted by molar-refractivity contribution is 0.387. The third-order valence-electron chi connectivity index (χ3n) is 2.42. The Labute approximate surface area is 87.7 Å². The smallest absolute Gasteiger partial charge is 0.165 e. The van der Waals surface area contributed by atoms with Gasteiger partial charge in [-0.2, -0.15) is 0 Å². The lowest BCUT2D eigenvalue weighted by Crippen LogP contribution is -1.92. The second-order valence-corrected chi connectivity index (χ2v) is 3.58. The molecular weight excluding hydrogens is 193 g/mol. The fraction of sp³-hybridized carbons (Fsp3) is 0.250. The lowest BCUT2D eigenvalue weighted by atomic mass is 10.1. The van der Waals surface area contributed by atoms with Crippen LogP contribution in [0.5, 0.6) is 5.75 Å². The molecule has 0 atom stereocenters. The number of fused-ring (bicyclic) bond motifs is 1. The molecule has 1 heterocycles. The molecular formula is C12H12FNO. The van der Waals surface area contributed by atoms with Crippen molar-refractivity contribution in [1.29, 1.82) is 0 Å². The first-order valence-corrected chi connectivity index (χ1v) is 4.73. The van der Waals surface area contributed by atoms with E-state index in [0.29, 0.717) is 0 Å². The van der Waals surface area contributed by atoms with Crippen LogP contribution in [-0.4, -0.2) is 12.1 Å². The largest absolute Gasteiger partial charge is 0.494 e. The Morgan fingerprint density at radius 3 is 2.60 bits per heavy atom. The van der Waals surface area contributed by atoms with Crippen LogP contribution in [0.1, 0.15) is 11.3 Å². The Balaban J connectivity index is 2.81. The van der Waals surface area contributed by atoms with Crippen molar-refractivity contribution >= 4 is 10.9 Å². The van der Waals surface area contributed by atoms with Crippen LogP contribution in [0.2, 0.25) is 0 Å². The highest BCUT2D eigenvalue weighted by molar-refractivity contribution is 5.83. The molecule has 78 valence electrons. The van der Waals surface area contributed by atoms with Crippen molar-refractivity contribution in [2.24, 2.45) is 0 Å². The van der Waals surface area contributed by atoms with E-state index < -0.39 is 0 Å². The van der Waals surface area contributed by atoms with Gasteiger partial charge in [0.2, 0.25) is 0 Å². The SMILES string of the molecule is COc1cc2nc(C)cc(C)c2cc1F. The molecule has 0 spiro atoms. The van der Waals surface area contributed by atoms with Crippen LogP contribution >= 0.6 is 0 Å². The molecule has 0 saturated heterocycles. The van der Waals surface area contributed by atoms with Crippen LogP contribution in [0.4, 0.5) is 4.39 Å². The summed E-state index contributed by atoms with van der Waals surface area (Å²) < 4.78 is 18.4. The lowest BCUT2D eigenvalue weighted by Gasteiger charge is -2.07. The van der Waals surface area contributed by atoms with Gasteiger partial charge in [-0.15, -0.1) is 0 Å². The fourth-order valence-electron chi connectivity index (χ4n) is 1.72. The summed E-state index contributed by atoms with van der Waals surface area (Å²) in [6, 6.07) is 5.04. The number of aromatic nitrogens is 1. The molecule has 1 aromatic heterocycles. The first-order valence-electron chi connectivity index (χ1n) is 4.73. The molecule has 0 aliphatic heterocycles. The van der Waals surface area contributed by atoms with Gasteiger partial charge in [0.25, 0.3) is 0 Å². The first kappa shape index (κ1) is 9.90. The molecule has 3 heteroatoms. The second-order valence-electron chi connectivity index (χ2n) is 3.58. The van der Waals surface area contributed by atoms with E-state index in [-0.39, 0.29) is 11.6 Å². The van der Waals surface area contributed by atoms with E-state index in [0.717, 1.165) is 22.2 Å². The van der Waals surface area contributed by atoms with Gasteiger partial charge in [0.1, 0.15) is 0 Å². The Bertz CT molecular complexity index is 523. The van der Waals surface area contributed by atoms with E-state index in [2.05, 4.69) is 4.98 Å². The zero-order valence-corrected chi connectivity index (χ0v) is 8.97. The molecule has 1 aromatic carbocycles. The summed E-state index contributed by atoms with van der Waals surface area (Å²) in [7, 11) is 1.45. The number of ether oxygens (including phenoxy) is 1. The predicted molar refractivity (Wildman–Crippen MR) is 57.7 cm³/mol. The zero-order chi connectivity index (χ0) is 11.0. The van der Waals surface area contributed by atoms with Crippen LogP contribution in [0.25, 0.3) is 10.9 Å². The van der Waals surface area contributed by atoms with Crippen molar-refractivity contribution in [2.75, 3.05) is 7.11 Å². The minimum Gasteiger partial charge on any atom is -0.494 e. The van der Waals surface area contributed by atoms with Gasteiger partial charge in [0, 0.05) is 17.1 Å². The van der Waals surface area contributed by atoms with Crippen molar-refractivity contribution in [1.82, 2.24) is 4.98 Å². The summed E-state index contributed by atoms with van der Waals surface area (Å²) in [6.07, 6.45) is 0. The van der Waals surface area contributed by atoms with Crippen LogP contribution in [0.3, 0.4) is 0 Å². The maximum atomic E-state index is 13.4. The molecule has 0 N–H and O–H groups in total. The van der Waals surface area contributed by atoms with Crippen molar-refractivity contribution in [3.8, 4) is 5.75 Å². The average molecular weight is 205 g/mol. The molecule has 0 aliphatic rings. The van der Waals surface area contributed by atoms with E-state index in [1.54, 1.807) is 6.07 Å². The van der Waals surface area contributed by atoms with Crippen molar-refractivity contribution in [3.63, 3.8) is 0 Å². The van der Waals surface area contributed by atoms with Crippen LogP contribution in [0, 0.1) is 19.7 Å². The highest BCUT2D eigenvalue weighted by Crippen LogP contribution is 2.25. The first-order chi connectivity index (χ1) is 7.11. The molecule has 0 saturated carbocycles. The van der Waals surface area contributed by atoms with Crippen LogP contribution in [-0.2, 0) is 0 Å². The van der Waals surface area contributed by atoms with Crippen molar-refractivity contribution in [3.05, 3.63) is 35.3 Å². The number of halogens is 1. The third-order valence-corrected chi connectivity index (χ3v) is 2.42. The number of pyridine rings is 1. The topological polar surface area (TPSA) is 22.1 Å². The minimum atomic E-state index is -0.348. The molecule has 0 unspecified atom stereocenters. The molecule has 0 aliphatic carbocycles. The van der Waals surface area contributed by atoms with Crippen molar-refractivity contribution < 1.29 is 9.13 Å². The van der Waals surface area contributed by atoms with Crippen LogP contribution in [0.15, 0.2) is 18.2 Å². The number of hydrogen-bond acceptors (Lipinski definition) is 2. The normalized spacial score (nSPS) is 10.7. The molecule has 2 aromatic rings. The second kappa shape index (κ2) is 3.50. The minimum absolute atomic E-state index is 0.236. The van der Waals surface area contributed by atoms with Gasteiger partial charge in [-0.3, -0.25) is 4.98 Å². The van der Waals surface area contributed by atoms with Gasteiger partial charge in [-0.1, -0.05) is 0 Å². The van der Waals surface area contributed by atoms with Gasteiger partial charge >= 0.3 is 0 Å². The van der Waals surface area contributed by atoms with Gasteiger partial charge in [-0.25, -0.2) is 4.39 Å². The number of rotatable bonds is 1. The van der Waals surface area contributed by atoms with Gasteiger partial charge < -0.3 is 4.74 Å². The van der Waals surface area contributed by atoms with Crippen molar-refractivity contribution in [2.45, 2.75) is 13.8 Å². The zero-order valence-electron chi connectivity index (χ0n) is 8.97. The quantitative estimate of drug-likeness (QED) is 0.714. The summed E-state index contributed by atoms with van der Waals surface area (Å²) in [6.45, 7) is 3.87. The summed E-state index contributed by atoms with van der Waals surface area (Å²) in [5.41, 5.74) is 2.72. The molecule has 0 bridgehead atoms. The number of aryl methyl sites for hydroxylation is 2. The highest BCUT2D eigenvalue weighted by Gasteiger charge is 2.07. The summed E-state index contributed by atoms with van der Waals surface area (Å²) in [5.74, 6) is -0.112. The monoisotopic (exact) mass is 205 g/mol. The Morgan fingerprint density at radius 2 is 1.93 bits per heavy atom. The molecule has 0 radical (unpaired) electrons. The Kier molecular flexibility index (Phi) is 2.31. The fourth-order valence-corrected chi connectivity index (χ4v) is 1.72. The summed E-state index contributed by atoms with van der Waals surface area (Å²) in [5, 5.41) is 0.832. The number of benzene rings is 1. The van der Waals surface area contributed by atoms with E-state index in [9.17, 15) is 4.39 Å². The molecule has 2 nitrogen and oxygen atoms in total. The maximum Gasteiger partial charge on any atom is 0.165 e. The number of hydrogen-bond donors (Lipinski definition) is 0. The van der Waals surface area contributed by atoms with E-state index >= 15 is 0 Å². The van der Waals surface area contributed by atoms with E-state index in [1.807, 2.05) is 19.9 Å². The summed E-state index contributed by atoms with van der Waals surface area (Å²) in [4.78, 5) is 4.34. The standard InChI is InChI=1S/C12H12FNO/c1-7-4-8(2)14-11-6-12(15-3)10(13)5-9(7)11/h4-6H,1-3H3. The van der Waals surface area contributed by atoms with Gasteiger partial charge in [0.15, 0.2) is 11.6 Å². The molecule has 0 fully saturated rings. The maximum absolute atomic E-state index is 13.4. The molecule has 2 rings (SSSR count). The number of methoxy groups -OCH3 is 1.